The second-order valence-corrected chi connectivity index (χ2v) is 5.95. The monoisotopic (exact) mass is 386 g/mol. The van der Waals surface area contributed by atoms with Gasteiger partial charge in [-0.2, -0.15) is 0 Å². The topological polar surface area (TPSA) is 174 Å². The molecule has 10 heteroatoms. The molecule has 0 aliphatic rings. The fraction of sp³-hybridized carbons (Fsp3) is 0.875. The summed E-state index contributed by atoms with van der Waals surface area (Å²) >= 11 is 0. The van der Waals surface area contributed by atoms with Gasteiger partial charge < -0.3 is 40.1 Å². The average Bonchev–Trinajstić information content (AvgIpc) is 2.54. The maximum absolute atomic E-state index is 9.77. The first kappa shape index (κ1) is 29.5. The Kier molecular flexibility index (Phi) is 22.7. The van der Waals surface area contributed by atoms with Crippen LogP contribution < -0.4 is 0 Å². The van der Waals surface area contributed by atoms with Crippen LogP contribution in [0.2, 0.25) is 0 Å². The predicted molar refractivity (Wildman–Crippen MR) is 92.8 cm³/mol. The van der Waals surface area contributed by atoms with E-state index in [9.17, 15) is 9.59 Å². The molecule has 0 aromatic carbocycles. The van der Waals surface area contributed by atoms with Crippen LogP contribution in [-0.4, -0.2) is 94.4 Å². The van der Waals surface area contributed by atoms with Gasteiger partial charge in [0.15, 0.2) is 12.2 Å². The van der Waals surface area contributed by atoms with Crippen molar-refractivity contribution in [2.24, 2.45) is 11.8 Å². The SMILES string of the molecule is CC(C)COCC(C)C.O=C(O)C(O)C(O)C(=O)O.OCCOCCO. The minimum absolute atomic E-state index is 0.0278. The summed E-state index contributed by atoms with van der Waals surface area (Å²) < 4.78 is 9.99. The Morgan fingerprint density at radius 3 is 1.23 bits per heavy atom. The summed E-state index contributed by atoms with van der Waals surface area (Å²) in [6, 6.07) is 0. The van der Waals surface area contributed by atoms with Gasteiger partial charge in [0.1, 0.15) is 0 Å². The number of aliphatic hydroxyl groups is 4. The smallest absolute Gasteiger partial charge is 0.335 e. The van der Waals surface area contributed by atoms with E-state index in [1.54, 1.807) is 0 Å². The Balaban J connectivity index is -0.000000310. The summed E-state index contributed by atoms with van der Waals surface area (Å²) in [5, 5.41) is 48.7. The van der Waals surface area contributed by atoms with Crippen LogP contribution in [0.5, 0.6) is 0 Å². The van der Waals surface area contributed by atoms with Gasteiger partial charge in [0.25, 0.3) is 0 Å². The molecule has 2 atom stereocenters. The van der Waals surface area contributed by atoms with Gasteiger partial charge in [0, 0.05) is 13.2 Å². The summed E-state index contributed by atoms with van der Waals surface area (Å²) in [6.45, 7) is 11.2. The van der Waals surface area contributed by atoms with Crippen molar-refractivity contribution in [1.29, 1.82) is 0 Å². The van der Waals surface area contributed by atoms with Crippen LogP contribution in [0.25, 0.3) is 0 Å². The third-order valence-electron chi connectivity index (χ3n) is 2.18. The molecule has 0 aliphatic carbocycles. The standard InChI is InChI=1S/C8H18O.C4H6O6.C4H10O3/c1-7(2)5-9-6-8(3)4;5-1(3(7)8)2(6)4(9)10;5-1-3-7-4-2-6/h7-8H,5-6H2,1-4H3;1-2,5-6H,(H,7,8)(H,9,10);5-6H,1-4H2. The first-order valence-electron chi connectivity index (χ1n) is 8.20. The predicted octanol–water partition coefficient (Wildman–Crippen LogP) is -0.820. The zero-order chi connectivity index (χ0) is 21.1. The number of aliphatic hydroxyl groups excluding tert-OH is 4. The maximum Gasteiger partial charge on any atom is 0.335 e. The summed E-state index contributed by atoms with van der Waals surface area (Å²) in [6.07, 6.45) is -4.53. The van der Waals surface area contributed by atoms with Crippen molar-refractivity contribution < 1.29 is 49.7 Å². The van der Waals surface area contributed by atoms with E-state index < -0.39 is 24.1 Å². The van der Waals surface area contributed by atoms with Crippen LogP contribution in [0.1, 0.15) is 27.7 Å². The first-order chi connectivity index (χ1) is 12.0. The van der Waals surface area contributed by atoms with E-state index in [1.165, 1.54) is 0 Å². The third kappa shape index (κ3) is 24.9. The lowest BCUT2D eigenvalue weighted by molar-refractivity contribution is -0.165. The minimum atomic E-state index is -2.27. The molecule has 158 valence electrons. The molecular formula is C16H34O10. The summed E-state index contributed by atoms with van der Waals surface area (Å²) in [5.74, 6) is -2.20. The van der Waals surface area contributed by atoms with Crippen molar-refractivity contribution in [2.45, 2.75) is 39.9 Å². The van der Waals surface area contributed by atoms with Crippen molar-refractivity contribution >= 4 is 11.9 Å². The van der Waals surface area contributed by atoms with Crippen LogP contribution >= 0.6 is 0 Å². The molecule has 0 rings (SSSR count). The summed E-state index contributed by atoms with van der Waals surface area (Å²) in [5.41, 5.74) is 0. The number of carboxylic acid groups (broad SMARTS) is 2. The van der Waals surface area contributed by atoms with Crippen LogP contribution in [0.15, 0.2) is 0 Å². The molecule has 10 nitrogen and oxygen atoms in total. The molecule has 0 heterocycles. The second kappa shape index (κ2) is 20.0. The molecule has 0 aliphatic heterocycles. The highest BCUT2D eigenvalue weighted by Crippen LogP contribution is 1.96. The van der Waals surface area contributed by atoms with Gasteiger partial charge in [0.05, 0.1) is 26.4 Å². The Morgan fingerprint density at radius 2 is 1.04 bits per heavy atom. The third-order valence-corrected chi connectivity index (χ3v) is 2.18. The lowest BCUT2D eigenvalue weighted by Gasteiger charge is -2.07. The number of carboxylic acids is 2. The van der Waals surface area contributed by atoms with Gasteiger partial charge in [-0.05, 0) is 11.8 Å². The Hall–Kier alpha value is -1.30. The van der Waals surface area contributed by atoms with Gasteiger partial charge in [0.2, 0.25) is 0 Å². The highest BCUT2D eigenvalue weighted by Gasteiger charge is 2.29. The Morgan fingerprint density at radius 1 is 0.731 bits per heavy atom. The van der Waals surface area contributed by atoms with Gasteiger partial charge in [-0.25, -0.2) is 9.59 Å². The molecule has 0 bridgehead atoms. The Bertz CT molecular complexity index is 303. The van der Waals surface area contributed by atoms with Crippen LogP contribution in [0.4, 0.5) is 0 Å². The molecule has 2 unspecified atom stereocenters. The van der Waals surface area contributed by atoms with E-state index in [0.717, 1.165) is 13.2 Å². The molecule has 0 radical (unpaired) electrons. The van der Waals surface area contributed by atoms with Crippen molar-refractivity contribution in [3.05, 3.63) is 0 Å². The molecule has 0 saturated carbocycles. The molecule has 0 aromatic rings. The van der Waals surface area contributed by atoms with Crippen LogP contribution in [0.3, 0.4) is 0 Å². The minimum Gasteiger partial charge on any atom is -0.479 e. The zero-order valence-electron chi connectivity index (χ0n) is 15.9. The quantitative estimate of drug-likeness (QED) is 0.246. The van der Waals surface area contributed by atoms with Crippen molar-refractivity contribution in [3.63, 3.8) is 0 Å². The Labute approximate surface area is 154 Å². The molecule has 0 aromatic heterocycles. The largest absolute Gasteiger partial charge is 0.479 e. The second-order valence-electron chi connectivity index (χ2n) is 5.95. The van der Waals surface area contributed by atoms with E-state index in [4.69, 9.17) is 35.4 Å². The summed E-state index contributed by atoms with van der Waals surface area (Å²) in [7, 11) is 0. The van der Waals surface area contributed by atoms with Crippen molar-refractivity contribution in [3.8, 4) is 0 Å². The number of carbonyl (C=O) groups is 2. The molecule has 6 N–H and O–H groups in total. The number of hydrogen-bond donors (Lipinski definition) is 6. The molecule has 0 spiro atoms. The molecule has 0 fully saturated rings. The molecular weight excluding hydrogens is 352 g/mol. The van der Waals surface area contributed by atoms with E-state index in [1.807, 2.05) is 0 Å². The van der Waals surface area contributed by atoms with Gasteiger partial charge in [-0.15, -0.1) is 0 Å². The molecule has 0 saturated heterocycles. The lowest BCUT2D eigenvalue weighted by atomic mass is 10.2. The normalized spacial score (nSPS) is 12.5. The number of rotatable bonds is 11. The van der Waals surface area contributed by atoms with Crippen LogP contribution in [-0.2, 0) is 19.1 Å². The van der Waals surface area contributed by atoms with E-state index >= 15 is 0 Å². The molecule has 26 heavy (non-hydrogen) atoms. The van der Waals surface area contributed by atoms with Crippen LogP contribution in [0, 0.1) is 11.8 Å². The van der Waals surface area contributed by atoms with Gasteiger partial charge in [-0.1, -0.05) is 27.7 Å². The molecule has 0 amide bonds. The number of ether oxygens (including phenoxy) is 2. The fourth-order valence-corrected chi connectivity index (χ4v) is 1.04. The first-order valence-corrected chi connectivity index (χ1v) is 8.20. The number of hydrogen-bond acceptors (Lipinski definition) is 8. The highest BCUT2D eigenvalue weighted by atomic mass is 16.5. The van der Waals surface area contributed by atoms with E-state index in [2.05, 4.69) is 32.4 Å². The van der Waals surface area contributed by atoms with Gasteiger partial charge in [-0.3, -0.25) is 0 Å². The maximum atomic E-state index is 9.77. The van der Waals surface area contributed by atoms with Gasteiger partial charge >= 0.3 is 11.9 Å². The fourth-order valence-electron chi connectivity index (χ4n) is 1.04. The lowest BCUT2D eigenvalue weighted by Crippen LogP contribution is -2.39. The van der Waals surface area contributed by atoms with Crippen molar-refractivity contribution in [1.82, 2.24) is 0 Å². The van der Waals surface area contributed by atoms with E-state index in [-0.39, 0.29) is 13.2 Å². The number of aliphatic carboxylic acids is 2. The van der Waals surface area contributed by atoms with E-state index in [0.29, 0.717) is 25.0 Å². The summed E-state index contributed by atoms with van der Waals surface area (Å²) in [4.78, 5) is 19.5. The highest BCUT2D eigenvalue weighted by molar-refractivity contribution is 5.83. The average molecular weight is 386 g/mol. The zero-order valence-corrected chi connectivity index (χ0v) is 15.9. The van der Waals surface area contributed by atoms with Crippen molar-refractivity contribution in [2.75, 3.05) is 39.6 Å².